The van der Waals surface area contributed by atoms with Crippen molar-refractivity contribution >= 4 is 63.9 Å². The van der Waals surface area contributed by atoms with Crippen LogP contribution < -0.4 is 30.7 Å². The fourth-order valence-electron chi connectivity index (χ4n) is 8.89. The maximum absolute atomic E-state index is 15.4. The molecule has 4 heterocycles. The molecule has 1 saturated heterocycles. The Morgan fingerprint density at radius 2 is 1.70 bits per heavy atom. The number of likely N-dealkylation sites (tertiary alicyclic amines) is 1. The molecule has 4 amide bonds. The molecule has 0 bridgehead atoms. The lowest BCUT2D eigenvalue weighted by atomic mass is 9.85. The number of anilines is 2. The van der Waals surface area contributed by atoms with Crippen LogP contribution in [-0.2, 0) is 36.9 Å². The van der Waals surface area contributed by atoms with Gasteiger partial charge in [-0.25, -0.2) is 19.3 Å². The number of aryl methyl sites for hydroxylation is 1. The summed E-state index contributed by atoms with van der Waals surface area (Å²) >= 11 is 8.02. The standard InChI is InChI=1S/C55H59ClFN9O9S/c1-31-49(76-30-62-31)33-12-10-32(11-13-33)25-60-52(70)42-24-37(67)28-66(42)53(71)50(55(2,3)4)64-45(68)29-75-21-20-74-19-18-58-51(69)39-17-15-36(23-44(39)73-6)63-54-61-27-34-26-59-48(46-41(57)8-7-9-43(46)72-5)40-22-35(56)14-16-38(40)47(34)65-54/h7-17,22-23,27,30,37,42,50,67H,18-21,24-26,28-29H2,1-6H3,(H,58,69)(H,60,70)(H,64,68)(H,61,63,65). The van der Waals surface area contributed by atoms with Crippen molar-refractivity contribution in [3.05, 3.63) is 135 Å². The molecule has 1 fully saturated rings. The zero-order valence-corrected chi connectivity index (χ0v) is 44.4. The summed E-state index contributed by atoms with van der Waals surface area (Å²) in [6, 6.07) is 20.7. The molecule has 6 aromatic rings. The number of fused-ring (bicyclic) bond motifs is 3. The normalized spacial score (nSPS) is 15.4. The molecule has 3 unspecified atom stereocenters. The fourth-order valence-corrected chi connectivity index (χ4v) is 9.87. The van der Waals surface area contributed by atoms with E-state index in [2.05, 4.69) is 31.2 Å². The van der Waals surface area contributed by atoms with Gasteiger partial charge in [0.2, 0.25) is 23.7 Å². The molecule has 21 heteroatoms. The highest BCUT2D eigenvalue weighted by Crippen LogP contribution is 2.37. The molecular weight excluding hydrogens is 1020 g/mol. The third kappa shape index (κ3) is 13.0. The minimum atomic E-state index is -1.02. The molecule has 76 heavy (non-hydrogen) atoms. The number of aliphatic hydroxyl groups is 1. The summed E-state index contributed by atoms with van der Waals surface area (Å²) in [5, 5.41) is 22.7. The van der Waals surface area contributed by atoms with Gasteiger partial charge in [-0.15, -0.1) is 11.3 Å². The summed E-state index contributed by atoms with van der Waals surface area (Å²) in [7, 11) is 2.92. The van der Waals surface area contributed by atoms with Crippen molar-refractivity contribution in [3.8, 4) is 33.2 Å². The van der Waals surface area contributed by atoms with E-state index in [1.54, 1.807) is 86.3 Å². The van der Waals surface area contributed by atoms with Gasteiger partial charge >= 0.3 is 0 Å². The van der Waals surface area contributed by atoms with Crippen molar-refractivity contribution in [2.75, 3.05) is 59.1 Å². The zero-order valence-electron chi connectivity index (χ0n) is 42.9. The number of thiazole rings is 1. The minimum absolute atomic E-state index is 0.0500. The second-order valence-electron chi connectivity index (χ2n) is 19.1. The Balaban J connectivity index is 0.777. The van der Waals surface area contributed by atoms with Crippen LogP contribution in [0.1, 0.15) is 65.5 Å². The number of aliphatic hydroxyl groups excluding tert-OH is 1. The molecule has 5 N–H and O–H groups in total. The Bertz CT molecular complexity index is 3130. The number of carbonyl (C=O) groups excluding carboxylic acids is 4. The summed E-state index contributed by atoms with van der Waals surface area (Å²) in [4.78, 5) is 74.7. The van der Waals surface area contributed by atoms with Crippen LogP contribution in [-0.4, -0.2) is 126 Å². The summed E-state index contributed by atoms with van der Waals surface area (Å²) in [6.07, 6.45) is 0.817. The van der Waals surface area contributed by atoms with Gasteiger partial charge in [0.15, 0.2) is 0 Å². The molecule has 8 rings (SSSR count). The van der Waals surface area contributed by atoms with Crippen LogP contribution in [0.5, 0.6) is 11.5 Å². The van der Waals surface area contributed by atoms with Crippen LogP contribution >= 0.6 is 22.9 Å². The van der Waals surface area contributed by atoms with Crippen LogP contribution in [0.4, 0.5) is 16.0 Å². The number of halogens is 2. The van der Waals surface area contributed by atoms with Crippen molar-refractivity contribution in [2.45, 2.75) is 65.4 Å². The molecule has 4 aromatic carbocycles. The smallest absolute Gasteiger partial charge is 0.255 e. The van der Waals surface area contributed by atoms with Crippen LogP contribution in [0.3, 0.4) is 0 Å². The lowest BCUT2D eigenvalue weighted by Crippen LogP contribution is -2.58. The quantitative estimate of drug-likeness (QED) is 0.0484. The summed E-state index contributed by atoms with van der Waals surface area (Å²) in [6.45, 7) is 7.83. The van der Waals surface area contributed by atoms with E-state index < -0.39 is 53.0 Å². The number of nitrogens with one attached hydrogen (secondary N) is 4. The van der Waals surface area contributed by atoms with Crippen LogP contribution in [0.25, 0.3) is 21.7 Å². The average Bonchev–Trinajstić information content (AvgIpc) is 4.05. The zero-order chi connectivity index (χ0) is 54.1. The van der Waals surface area contributed by atoms with E-state index in [0.717, 1.165) is 21.7 Å². The molecule has 18 nitrogen and oxygen atoms in total. The Morgan fingerprint density at radius 1 is 0.921 bits per heavy atom. The van der Waals surface area contributed by atoms with E-state index in [-0.39, 0.29) is 81.9 Å². The molecule has 2 aromatic heterocycles. The number of amides is 4. The molecule has 0 spiro atoms. The first-order chi connectivity index (χ1) is 36.5. The van der Waals surface area contributed by atoms with Gasteiger partial charge in [-0.1, -0.05) is 68.8 Å². The Morgan fingerprint density at radius 3 is 2.43 bits per heavy atom. The van der Waals surface area contributed by atoms with Gasteiger partial charge in [-0.05, 0) is 59.9 Å². The third-order valence-corrected chi connectivity index (χ3v) is 14.0. The number of nitrogens with zero attached hydrogens (tertiary/aromatic N) is 5. The first kappa shape index (κ1) is 54.9. The molecule has 2 aliphatic heterocycles. The number of hydrogen-bond donors (Lipinski definition) is 5. The predicted molar refractivity (Wildman–Crippen MR) is 287 cm³/mol. The third-order valence-electron chi connectivity index (χ3n) is 12.7. The minimum Gasteiger partial charge on any atom is -0.496 e. The number of aromatic nitrogens is 3. The van der Waals surface area contributed by atoms with E-state index in [1.165, 1.54) is 25.2 Å². The van der Waals surface area contributed by atoms with Gasteiger partial charge in [0.25, 0.3) is 5.91 Å². The Labute approximate surface area is 448 Å². The number of ether oxygens (including phenoxy) is 4. The summed E-state index contributed by atoms with van der Waals surface area (Å²) in [5.74, 6) is -1.45. The van der Waals surface area contributed by atoms with Gasteiger partial charge in [0.05, 0.1) is 85.3 Å². The monoisotopic (exact) mass is 1080 g/mol. The second-order valence-corrected chi connectivity index (χ2v) is 20.4. The summed E-state index contributed by atoms with van der Waals surface area (Å²) < 4.78 is 37.6. The highest BCUT2D eigenvalue weighted by molar-refractivity contribution is 7.13. The van der Waals surface area contributed by atoms with Crippen LogP contribution in [0.15, 0.2) is 95.6 Å². The molecule has 0 saturated carbocycles. The molecule has 2 aliphatic rings. The van der Waals surface area contributed by atoms with Gasteiger partial charge in [0, 0.05) is 65.7 Å². The highest BCUT2D eigenvalue weighted by atomic mass is 35.5. The lowest BCUT2D eigenvalue weighted by molar-refractivity contribution is -0.144. The molecule has 0 aliphatic carbocycles. The molecule has 3 atom stereocenters. The Hall–Kier alpha value is -7.36. The summed E-state index contributed by atoms with van der Waals surface area (Å²) in [5.41, 5.74) is 7.84. The highest BCUT2D eigenvalue weighted by Gasteiger charge is 2.44. The van der Waals surface area contributed by atoms with Crippen molar-refractivity contribution < 1.29 is 47.6 Å². The number of β-amino-alcohol motifs (C(OH)–C–C–N with tert-alkyl or cyclic N) is 1. The second kappa shape index (κ2) is 24.5. The maximum atomic E-state index is 15.4. The largest absolute Gasteiger partial charge is 0.496 e. The maximum Gasteiger partial charge on any atom is 0.255 e. The SMILES string of the molecule is COc1cc(Nc2ncc3c(n2)-c2ccc(Cl)cc2C(c2c(F)cccc2OC)=NC3)ccc1C(=O)NCCOCCOCC(=O)NC(C(=O)N1CC(O)CC1C(=O)NCc1ccc(-c2scnc2C)cc1)C(C)(C)C. The van der Waals surface area contributed by atoms with E-state index in [0.29, 0.717) is 44.6 Å². The Kier molecular flexibility index (Phi) is 17.7. The van der Waals surface area contributed by atoms with Crippen molar-refractivity contribution in [1.82, 2.24) is 35.8 Å². The van der Waals surface area contributed by atoms with Crippen molar-refractivity contribution in [2.24, 2.45) is 10.4 Å². The molecule has 398 valence electrons. The van der Waals surface area contributed by atoms with Crippen LogP contribution in [0, 0.1) is 18.2 Å². The first-order valence-electron chi connectivity index (χ1n) is 24.5. The number of rotatable bonds is 20. The fraction of sp³-hybridized carbons (Fsp3) is 0.345. The molecular formula is C55H59ClFN9O9S. The number of benzene rings is 4. The lowest BCUT2D eigenvalue weighted by Gasteiger charge is -2.35. The van der Waals surface area contributed by atoms with E-state index in [9.17, 15) is 24.3 Å². The number of hydrogen-bond acceptors (Lipinski definition) is 15. The molecule has 0 radical (unpaired) electrons. The topological polar surface area (TPSA) is 228 Å². The van der Waals surface area contributed by atoms with Gasteiger partial charge < -0.3 is 50.2 Å². The van der Waals surface area contributed by atoms with E-state index >= 15 is 4.39 Å². The van der Waals surface area contributed by atoms with Crippen molar-refractivity contribution in [3.63, 3.8) is 0 Å². The van der Waals surface area contributed by atoms with Gasteiger partial charge in [-0.2, -0.15) is 0 Å². The van der Waals surface area contributed by atoms with Crippen LogP contribution in [0.2, 0.25) is 5.02 Å². The first-order valence-corrected chi connectivity index (χ1v) is 25.8. The van der Waals surface area contributed by atoms with Crippen molar-refractivity contribution in [1.29, 1.82) is 0 Å². The number of aliphatic imine (C=N–C) groups is 1. The van der Waals surface area contributed by atoms with Gasteiger partial charge in [0.1, 0.15) is 36.0 Å². The number of methoxy groups -OCH3 is 2. The average molecular weight is 1080 g/mol. The number of carbonyl (C=O) groups is 4. The predicted octanol–water partition coefficient (Wildman–Crippen LogP) is 7.05. The van der Waals surface area contributed by atoms with Gasteiger partial charge in [-0.3, -0.25) is 24.2 Å². The van der Waals surface area contributed by atoms with E-state index in [1.807, 2.05) is 37.3 Å². The van der Waals surface area contributed by atoms with E-state index in [4.69, 9.17) is 40.5 Å².